The molecule has 3 rings (SSSR count). The highest BCUT2D eigenvalue weighted by molar-refractivity contribution is 6.03. The van der Waals surface area contributed by atoms with E-state index in [0.29, 0.717) is 30.5 Å². The number of amides is 2. The number of carbonyl (C=O) groups is 3. The van der Waals surface area contributed by atoms with Crippen LogP contribution in [0.2, 0.25) is 0 Å². The molecule has 260 valence electrons. The third kappa shape index (κ3) is 14.3. The van der Waals surface area contributed by atoms with Crippen molar-refractivity contribution in [1.82, 2.24) is 5.32 Å². The lowest BCUT2D eigenvalue weighted by atomic mass is 9.96. The summed E-state index contributed by atoms with van der Waals surface area (Å²) < 4.78 is 0. The van der Waals surface area contributed by atoms with Crippen molar-refractivity contribution in [2.75, 3.05) is 11.9 Å². The fraction of sp³-hybridized carbons (Fsp3) is 0.488. The summed E-state index contributed by atoms with van der Waals surface area (Å²) in [5.41, 5.74) is 1.81. The van der Waals surface area contributed by atoms with E-state index in [0.717, 1.165) is 43.1 Å². The molecule has 1 unspecified atom stereocenters. The quantitative estimate of drug-likeness (QED) is 0.0566. The Morgan fingerprint density at radius 2 is 1.38 bits per heavy atom. The first-order chi connectivity index (χ1) is 23.4. The number of aliphatic carboxylic acids is 1. The molecule has 0 spiro atoms. The van der Waals surface area contributed by atoms with Crippen LogP contribution < -0.4 is 10.6 Å². The lowest BCUT2D eigenvalue weighted by Gasteiger charge is -2.13. The van der Waals surface area contributed by atoms with Gasteiger partial charge >= 0.3 is 5.97 Å². The number of phenolic OH excluding ortho intramolecular Hbond substituents is 1. The Balaban J connectivity index is 1.26. The van der Waals surface area contributed by atoms with Gasteiger partial charge in [-0.25, -0.2) is 0 Å². The van der Waals surface area contributed by atoms with Gasteiger partial charge in [0.05, 0.1) is 11.5 Å². The summed E-state index contributed by atoms with van der Waals surface area (Å²) in [6, 6.07) is 18.1. The van der Waals surface area contributed by atoms with Crippen molar-refractivity contribution in [1.29, 1.82) is 0 Å². The Kier molecular flexibility index (Phi) is 17.9. The van der Waals surface area contributed by atoms with E-state index in [9.17, 15) is 24.6 Å². The number of fused-ring (bicyclic) bond motifs is 1. The molecule has 48 heavy (non-hydrogen) atoms. The van der Waals surface area contributed by atoms with E-state index in [1.165, 1.54) is 57.8 Å². The molecule has 0 aliphatic heterocycles. The van der Waals surface area contributed by atoms with E-state index in [2.05, 4.69) is 29.7 Å². The van der Waals surface area contributed by atoms with Gasteiger partial charge < -0.3 is 20.8 Å². The molecule has 0 saturated carbocycles. The standard InChI is InChI=1S/C41H56N2O5/c1-2-3-4-5-6-7-8-9-10-11-12-13-14-15-16-17-21-34(41(47)48)31-38(44)43-35-26-23-32(24-27-35)29-30-42-40(46)37-28-25-33-20-18-19-22-36(33)39(37)45/h10-11,18-20,22-28,34,45H,2-9,12-17,21,29-31H2,1H3,(H,42,46)(H,43,44)(H,47,48)/b11-10+. The molecule has 4 N–H and O–H groups in total. The summed E-state index contributed by atoms with van der Waals surface area (Å²) in [7, 11) is 0. The number of anilines is 1. The number of hydrogen-bond acceptors (Lipinski definition) is 4. The van der Waals surface area contributed by atoms with Gasteiger partial charge in [0.15, 0.2) is 0 Å². The van der Waals surface area contributed by atoms with E-state index in [4.69, 9.17) is 0 Å². The zero-order valence-electron chi connectivity index (χ0n) is 28.9. The molecule has 7 nitrogen and oxygen atoms in total. The van der Waals surface area contributed by atoms with E-state index < -0.39 is 11.9 Å². The number of carboxylic acid groups (broad SMARTS) is 1. The molecule has 0 aliphatic carbocycles. The first kappa shape index (κ1) is 38.3. The van der Waals surface area contributed by atoms with Gasteiger partial charge in [0, 0.05) is 24.0 Å². The second-order valence-corrected chi connectivity index (χ2v) is 12.9. The SMILES string of the molecule is CCCCCCCCC/C=C/CCCCCCCC(CC(=O)Nc1ccc(CCNC(=O)c2ccc3ccccc3c2O)cc1)C(=O)O. The van der Waals surface area contributed by atoms with E-state index in [-0.39, 0.29) is 29.5 Å². The first-order valence-corrected chi connectivity index (χ1v) is 18.1. The third-order valence-electron chi connectivity index (χ3n) is 8.93. The largest absolute Gasteiger partial charge is 0.506 e. The van der Waals surface area contributed by atoms with Gasteiger partial charge in [-0.3, -0.25) is 14.4 Å². The van der Waals surface area contributed by atoms with Gasteiger partial charge in [0.2, 0.25) is 5.91 Å². The van der Waals surface area contributed by atoms with Crippen molar-refractivity contribution < 1.29 is 24.6 Å². The number of aromatic hydroxyl groups is 1. The zero-order chi connectivity index (χ0) is 34.4. The smallest absolute Gasteiger partial charge is 0.307 e. The predicted octanol–water partition coefficient (Wildman–Crippen LogP) is 9.97. The minimum Gasteiger partial charge on any atom is -0.506 e. The fourth-order valence-electron chi connectivity index (χ4n) is 6.00. The van der Waals surface area contributed by atoms with Gasteiger partial charge in [0.25, 0.3) is 5.91 Å². The molecule has 3 aromatic carbocycles. The maximum atomic E-state index is 12.7. The minimum absolute atomic E-state index is 0.0290. The number of benzene rings is 3. The maximum absolute atomic E-state index is 12.7. The van der Waals surface area contributed by atoms with Crippen LogP contribution in [0.15, 0.2) is 72.8 Å². The monoisotopic (exact) mass is 656 g/mol. The van der Waals surface area contributed by atoms with Crippen molar-refractivity contribution in [3.05, 3.63) is 83.9 Å². The Morgan fingerprint density at radius 1 is 0.750 bits per heavy atom. The van der Waals surface area contributed by atoms with Crippen LogP contribution in [-0.4, -0.2) is 34.5 Å². The molecule has 0 radical (unpaired) electrons. The van der Waals surface area contributed by atoms with Gasteiger partial charge in [-0.1, -0.05) is 126 Å². The number of phenols is 1. The van der Waals surface area contributed by atoms with Gasteiger partial charge in [-0.15, -0.1) is 0 Å². The average molecular weight is 657 g/mol. The molecule has 2 amide bonds. The molecular formula is C41H56N2O5. The molecule has 0 aromatic heterocycles. The van der Waals surface area contributed by atoms with Gasteiger partial charge in [-0.2, -0.15) is 0 Å². The van der Waals surface area contributed by atoms with Crippen LogP contribution in [0.25, 0.3) is 10.8 Å². The molecule has 0 fully saturated rings. The number of unbranched alkanes of at least 4 members (excludes halogenated alkanes) is 12. The number of rotatable bonds is 24. The normalized spacial score (nSPS) is 11.9. The molecule has 1 atom stereocenters. The number of hydrogen-bond donors (Lipinski definition) is 4. The summed E-state index contributed by atoms with van der Waals surface area (Å²) in [4.78, 5) is 37.1. The van der Waals surface area contributed by atoms with Gasteiger partial charge in [0.1, 0.15) is 5.75 Å². The minimum atomic E-state index is -0.925. The highest BCUT2D eigenvalue weighted by Gasteiger charge is 2.21. The van der Waals surface area contributed by atoms with Crippen LogP contribution in [0.3, 0.4) is 0 Å². The lowest BCUT2D eigenvalue weighted by molar-refractivity contribution is -0.143. The summed E-state index contributed by atoms with van der Waals surface area (Å²) in [5, 5.41) is 27.4. The zero-order valence-corrected chi connectivity index (χ0v) is 28.9. The van der Waals surface area contributed by atoms with Crippen molar-refractivity contribution >= 4 is 34.2 Å². The fourth-order valence-corrected chi connectivity index (χ4v) is 6.00. The van der Waals surface area contributed by atoms with E-state index in [1.807, 2.05) is 36.4 Å². The number of nitrogens with one attached hydrogen (secondary N) is 2. The Morgan fingerprint density at radius 3 is 2.04 bits per heavy atom. The van der Waals surface area contributed by atoms with Crippen LogP contribution in [-0.2, 0) is 16.0 Å². The number of allylic oxidation sites excluding steroid dienone is 2. The maximum Gasteiger partial charge on any atom is 0.307 e. The van der Waals surface area contributed by atoms with Crippen molar-refractivity contribution in [3.63, 3.8) is 0 Å². The predicted molar refractivity (Wildman–Crippen MR) is 197 cm³/mol. The Labute approximate surface area is 287 Å². The van der Waals surface area contributed by atoms with E-state index in [1.54, 1.807) is 24.3 Å². The Hall–Kier alpha value is -4.13. The van der Waals surface area contributed by atoms with Crippen LogP contribution in [0.1, 0.15) is 126 Å². The topological polar surface area (TPSA) is 116 Å². The van der Waals surface area contributed by atoms with Crippen LogP contribution in [0.5, 0.6) is 5.75 Å². The van der Waals surface area contributed by atoms with Crippen molar-refractivity contribution in [3.8, 4) is 5.75 Å². The number of carboxylic acids is 1. The second-order valence-electron chi connectivity index (χ2n) is 12.9. The molecular weight excluding hydrogens is 600 g/mol. The second kappa shape index (κ2) is 22.4. The van der Waals surface area contributed by atoms with Crippen LogP contribution in [0.4, 0.5) is 5.69 Å². The Bertz CT molecular complexity index is 1430. The molecule has 0 aliphatic rings. The highest BCUT2D eigenvalue weighted by Crippen LogP contribution is 2.28. The summed E-state index contributed by atoms with van der Waals surface area (Å²) in [6.45, 7) is 2.64. The summed E-state index contributed by atoms with van der Waals surface area (Å²) in [5.74, 6) is -2.29. The molecule has 0 bridgehead atoms. The highest BCUT2D eigenvalue weighted by atomic mass is 16.4. The van der Waals surface area contributed by atoms with Crippen LogP contribution in [0, 0.1) is 5.92 Å². The van der Waals surface area contributed by atoms with Gasteiger partial charge in [-0.05, 0) is 67.7 Å². The third-order valence-corrected chi connectivity index (χ3v) is 8.93. The first-order valence-electron chi connectivity index (χ1n) is 18.1. The van der Waals surface area contributed by atoms with Crippen molar-refractivity contribution in [2.45, 2.75) is 116 Å². The summed E-state index contributed by atoms with van der Waals surface area (Å²) in [6.07, 6.45) is 22.6. The van der Waals surface area contributed by atoms with Crippen LogP contribution >= 0.6 is 0 Å². The molecule has 7 heteroatoms. The molecule has 3 aromatic rings. The molecule has 0 saturated heterocycles. The molecule has 0 heterocycles. The van der Waals surface area contributed by atoms with Crippen molar-refractivity contribution in [2.24, 2.45) is 5.92 Å². The summed E-state index contributed by atoms with van der Waals surface area (Å²) >= 11 is 0. The lowest BCUT2D eigenvalue weighted by Crippen LogP contribution is -2.25. The van der Waals surface area contributed by atoms with E-state index >= 15 is 0 Å². The average Bonchev–Trinajstić information content (AvgIpc) is 3.08. The number of carbonyl (C=O) groups excluding carboxylic acids is 2.